The van der Waals surface area contributed by atoms with E-state index in [1.54, 1.807) is 12.3 Å². The summed E-state index contributed by atoms with van der Waals surface area (Å²) in [5.74, 6) is -1.18. The number of nitrogens with zero attached hydrogens (tertiary/aromatic N) is 1. The average molecular weight is 370 g/mol. The number of amides is 1. The first-order valence-electron chi connectivity index (χ1n) is 5.53. The maximum absolute atomic E-state index is 11.6. The van der Waals surface area contributed by atoms with Gasteiger partial charge in [-0.15, -0.1) is 0 Å². The first kappa shape index (κ1) is 13.6. The lowest BCUT2D eigenvalue weighted by atomic mass is 10.1. The smallest absolute Gasteiger partial charge is 0.296 e. The van der Waals surface area contributed by atoms with Gasteiger partial charge in [-0.1, -0.05) is 23.4 Å². The van der Waals surface area contributed by atoms with Crippen LogP contribution in [0.25, 0.3) is 0 Å². The fourth-order valence-electron chi connectivity index (χ4n) is 1.76. The van der Waals surface area contributed by atoms with E-state index in [2.05, 4.69) is 26.2 Å². The largest absolute Gasteiger partial charge is 0.318 e. The molecule has 100 valence electrons. The maximum atomic E-state index is 11.6. The normalized spacial score (nSPS) is 13.3. The zero-order chi connectivity index (χ0) is 14.3. The molecule has 0 spiro atoms. The second kappa shape index (κ2) is 5.20. The van der Waals surface area contributed by atoms with E-state index >= 15 is 0 Å². The lowest BCUT2D eigenvalue weighted by Gasteiger charge is -2.06. The van der Waals surface area contributed by atoms with Gasteiger partial charge in [-0.05, 0) is 40.2 Å². The van der Waals surface area contributed by atoms with Crippen LogP contribution in [0.5, 0.6) is 0 Å². The number of Topliss-reactive ketones (excluding diaryl/α,β-unsaturated/α-hetero) is 1. The number of ketones is 1. The molecule has 1 aromatic heterocycles. The van der Waals surface area contributed by atoms with Crippen LogP contribution in [0.4, 0.5) is 5.69 Å². The van der Waals surface area contributed by atoms with Crippen molar-refractivity contribution in [2.75, 3.05) is 5.32 Å². The quantitative estimate of drug-likeness (QED) is 0.818. The SMILES string of the molecule is O=C1Nc2cc(Sc3ccc(Br)cn3)c(Cl)cc2C1=O. The van der Waals surface area contributed by atoms with E-state index in [1.807, 2.05) is 12.1 Å². The van der Waals surface area contributed by atoms with E-state index < -0.39 is 11.7 Å². The Morgan fingerprint density at radius 2 is 2.05 bits per heavy atom. The van der Waals surface area contributed by atoms with Gasteiger partial charge < -0.3 is 5.32 Å². The summed E-state index contributed by atoms with van der Waals surface area (Å²) in [6.45, 7) is 0. The summed E-state index contributed by atoms with van der Waals surface area (Å²) in [6, 6.07) is 6.93. The zero-order valence-corrected chi connectivity index (χ0v) is 13.0. The third-order valence-electron chi connectivity index (χ3n) is 2.69. The molecule has 1 aliphatic rings. The molecule has 3 rings (SSSR count). The monoisotopic (exact) mass is 368 g/mol. The van der Waals surface area contributed by atoms with Crippen LogP contribution in [-0.4, -0.2) is 16.7 Å². The standard InChI is InChI=1S/C13H6BrClN2O2S/c14-6-1-2-11(16-5-6)20-10-4-9-7(3-8(10)15)12(18)13(19)17-9/h1-5H,(H,17,18,19). The average Bonchev–Trinajstić information content (AvgIpc) is 2.69. The number of aromatic nitrogens is 1. The lowest BCUT2D eigenvalue weighted by molar-refractivity contribution is -0.112. The number of rotatable bonds is 2. The predicted octanol–water partition coefficient (Wildman–Crippen LogP) is 3.78. The van der Waals surface area contributed by atoms with E-state index in [4.69, 9.17) is 11.6 Å². The molecule has 2 aromatic rings. The summed E-state index contributed by atoms with van der Waals surface area (Å²) in [6.07, 6.45) is 1.69. The zero-order valence-electron chi connectivity index (χ0n) is 9.81. The summed E-state index contributed by atoms with van der Waals surface area (Å²) in [5, 5.41) is 3.71. The van der Waals surface area contributed by atoms with Gasteiger partial charge >= 0.3 is 0 Å². The topological polar surface area (TPSA) is 59.1 Å². The van der Waals surface area contributed by atoms with Gasteiger partial charge in [0.2, 0.25) is 0 Å². The van der Waals surface area contributed by atoms with Crippen LogP contribution in [-0.2, 0) is 4.79 Å². The second-order valence-electron chi connectivity index (χ2n) is 4.03. The highest BCUT2D eigenvalue weighted by atomic mass is 79.9. The van der Waals surface area contributed by atoms with Crippen LogP contribution in [0, 0.1) is 0 Å². The molecule has 0 saturated carbocycles. The number of benzene rings is 1. The molecule has 0 unspecified atom stereocenters. The van der Waals surface area contributed by atoms with Gasteiger partial charge in [0, 0.05) is 15.6 Å². The number of halogens is 2. The molecular weight excluding hydrogens is 364 g/mol. The molecule has 0 radical (unpaired) electrons. The van der Waals surface area contributed by atoms with Crippen molar-refractivity contribution >= 4 is 56.7 Å². The molecular formula is C13H6BrClN2O2S. The highest BCUT2D eigenvalue weighted by molar-refractivity contribution is 9.10. The third-order valence-corrected chi connectivity index (χ3v) is 4.59. The number of anilines is 1. The van der Waals surface area contributed by atoms with Crippen molar-refractivity contribution in [2.45, 2.75) is 9.92 Å². The molecule has 0 atom stereocenters. The lowest BCUT2D eigenvalue weighted by Crippen LogP contribution is -2.12. The number of pyridine rings is 1. The number of fused-ring (bicyclic) bond motifs is 1. The maximum Gasteiger partial charge on any atom is 0.296 e. The minimum atomic E-state index is -0.625. The van der Waals surface area contributed by atoms with E-state index in [0.717, 1.165) is 14.4 Å². The molecule has 4 nitrogen and oxygen atoms in total. The van der Waals surface area contributed by atoms with Crippen LogP contribution < -0.4 is 5.32 Å². The van der Waals surface area contributed by atoms with Gasteiger partial charge in [-0.3, -0.25) is 9.59 Å². The van der Waals surface area contributed by atoms with Crippen molar-refractivity contribution in [1.29, 1.82) is 0 Å². The molecule has 1 aliphatic heterocycles. The number of carbonyl (C=O) groups excluding carboxylic acids is 2. The van der Waals surface area contributed by atoms with Gasteiger partial charge in [-0.2, -0.15) is 0 Å². The summed E-state index contributed by atoms with van der Waals surface area (Å²) < 4.78 is 0.889. The number of nitrogens with one attached hydrogen (secondary N) is 1. The Balaban J connectivity index is 1.96. The van der Waals surface area contributed by atoms with Crippen molar-refractivity contribution in [2.24, 2.45) is 0 Å². The van der Waals surface area contributed by atoms with Crippen LogP contribution in [0.1, 0.15) is 10.4 Å². The van der Waals surface area contributed by atoms with Crippen LogP contribution in [0.3, 0.4) is 0 Å². The van der Waals surface area contributed by atoms with Crippen molar-refractivity contribution in [3.05, 3.63) is 45.5 Å². The molecule has 0 aliphatic carbocycles. The fourth-order valence-corrected chi connectivity index (χ4v) is 3.07. The molecule has 0 bridgehead atoms. The molecule has 1 aromatic carbocycles. The van der Waals surface area contributed by atoms with E-state index in [1.165, 1.54) is 17.8 Å². The van der Waals surface area contributed by atoms with Crippen molar-refractivity contribution in [3.63, 3.8) is 0 Å². The minimum Gasteiger partial charge on any atom is -0.318 e. The predicted molar refractivity (Wildman–Crippen MR) is 80.5 cm³/mol. The Morgan fingerprint density at radius 3 is 2.75 bits per heavy atom. The molecule has 0 fully saturated rings. The van der Waals surface area contributed by atoms with Crippen molar-refractivity contribution in [3.8, 4) is 0 Å². The summed E-state index contributed by atoms with van der Waals surface area (Å²) in [4.78, 5) is 27.9. The first-order chi connectivity index (χ1) is 9.54. The number of hydrogen-bond donors (Lipinski definition) is 1. The highest BCUT2D eigenvalue weighted by Crippen LogP contribution is 2.38. The Morgan fingerprint density at radius 1 is 1.25 bits per heavy atom. The van der Waals surface area contributed by atoms with E-state index in [9.17, 15) is 9.59 Å². The van der Waals surface area contributed by atoms with Gasteiger partial charge in [0.05, 0.1) is 16.3 Å². The van der Waals surface area contributed by atoms with E-state index in [0.29, 0.717) is 16.3 Å². The van der Waals surface area contributed by atoms with Crippen LogP contribution in [0.2, 0.25) is 5.02 Å². The number of hydrogen-bond acceptors (Lipinski definition) is 4. The molecule has 20 heavy (non-hydrogen) atoms. The molecule has 2 heterocycles. The number of carbonyl (C=O) groups is 2. The van der Waals surface area contributed by atoms with Gasteiger partial charge in [-0.25, -0.2) is 4.98 Å². The Labute approximate surface area is 132 Å². The molecule has 0 saturated heterocycles. The van der Waals surface area contributed by atoms with Crippen molar-refractivity contribution < 1.29 is 9.59 Å². The molecule has 1 amide bonds. The minimum absolute atomic E-state index is 0.313. The third kappa shape index (κ3) is 2.46. The molecule has 7 heteroatoms. The molecule has 1 N–H and O–H groups in total. The highest BCUT2D eigenvalue weighted by Gasteiger charge is 2.29. The summed E-state index contributed by atoms with van der Waals surface area (Å²) in [5.41, 5.74) is 0.803. The van der Waals surface area contributed by atoms with Crippen LogP contribution in [0.15, 0.2) is 44.9 Å². The van der Waals surface area contributed by atoms with E-state index in [-0.39, 0.29) is 0 Å². The van der Waals surface area contributed by atoms with Crippen molar-refractivity contribution in [1.82, 2.24) is 4.98 Å². The summed E-state index contributed by atoms with van der Waals surface area (Å²) >= 11 is 10.8. The Kier molecular flexibility index (Phi) is 3.54. The van der Waals surface area contributed by atoms with Crippen LogP contribution >= 0.6 is 39.3 Å². The van der Waals surface area contributed by atoms with Gasteiger partial charge in [0.15, 0.2) is 0 Å². The Hall–Kier alpha value is -1.37. The fraction of sp³-hybridized carbons (Fsp3) is 0. The van der Waals surface area contributed by atoms with Gasteiger partial charge in [0.25, 0.3) is 11.7 Å². The second-order valence-corrected chi connectivity index (χ2v) is 6.41. The summed E-state index contributed by atoms with van der Waals surface area (Å²) in [7, 11) is 0. The van der Waals surface area contributed by atoms with Gasteiger partial charge in [0.1, 0.15) is 5.03 Å². The Bertz CT molecular complexity index is 734. The first-order valence-corrected chi connectivity index (χ1v) is 7.52.